The van der Waals surface area contributed by atoms with Crippen molar-refractivity contribution in [2.75, 3.05) is 0 Å². The molecule has 0 fully saturated rings. The Morgan fingerprint density at radius 1 is 1.47 bits per heavy atom. The van der Waals surface area contributed by atoms with E-state index >= 15 is 0 Å². The Labute approximate surface area is 96.7 Å². The lowest BCUT2D eigenvalue weighted by molar-refractivity contribution is -0.384. The molecule has 0 aliphatic carbocycles. The highest BCUT2D eigenvalue weighted by Crippen LogP contribution is 2.16. The zero-order valence-electron chi connectivity index (χ0n) is 9.03. The molecule has 6 heteroatoms. The van der Waals surface area contributed by atoms with E-state index in [2.05, 4.69) is 4.98 Å². The molecule has 0 saturated heterocycles. The molecule has 0 spiro atoms. The molecule has 0 aliphatic rings. The molecule has 0 radical (unpaired) electrons. The third-order valence-electron chi connectivity index (χ3n) is 2.28. The van der Waals surface area contributed by atoms with Crippen LogP contribution in [0.1, 0.15) is 17.4 Å². The first-order valence-electron chi connectivity index (χ1n) is 4.87. The number of carbonyl (C=O) groups excluding carboxylic acids is 1. The fraction of sp³-hybridized carbons (Fsp3) is 0.0909. The van der Waals surface area contributed by atoms with Crippen molar-refractivity contribution in [2.45, 2.75) is 6.92 Å². The monoisotopic (exact) mass is 231 g/mol. The number of carbonyl (C=O) groups is 1. The minimum Gasteiger partial charge on any atom is -0.305 e. The predicted octanol–water partition coefficient (Wildman–Crippen LogP) is 1.98. The molecule has 0 atom stereocenters. The van der Waals surface area contributed by atoms with E-state index in [0.29, 0.717) is 11.4 Å². The van der Waals surface area contributed by atoms with Crippen molar-refractivity contribution < 1.29 is 9.72 Å². The predicted molar refractivity (Wildman–Crippen MR) is 60.2 cm³/mol. The molecular formula is C11H9N3O3. The quantitative estimate of drug-likeness (QED) is 0.459. The van der Waals surface area contributed by atoms with Gasteiger partial charge in [0, 0.05) is 25.3 Å². The zero-order chi connectivity index (χ0) is 12.4. The van der Waals surface area contributed by atoms with Gasteiger partial charge in [-0.2, -0.15) is 0 Å². The molecule has 2 rings (SSSR count). The molecule has 6 nitrogen and oxygen atoms in total. The van der Waals surface area contributed by atoms with Crippen molar-refractivity contribution in [3.05, 3.63) is 52.6 Å². The number of imidazole rings is 1. The summed E-state index contributed by atoms with van der Waals surface area (Å²) in [6.07, 6.45) is 3.00. The molecular weight excluding hydrogens is 222 g/mol. The first kappa shape index (κ1) is 11.0. The van der Waals surface area contributed by atoms with Gasteiger partial charge in [-0.15, -0.1) is 0 Å². The van der Waals surface area contributed by atoms with Crippen LogP contribution in [0.5, 0.6) is 0 Å². The maximum Gasteiger partial charge on any atom is 0.271 e. The maximum absolute atomic E-state index is 11.1. The molecule has 1 aromatic heterocycles. The van der Waals surface area contributed by atoms with Gasteiger partial charge in [-0.25, -0.2) is 4.98 Å². The minimum atomic E-state index is -0.466. The highest BCUT2D eigenvalue weighted by atomic mass is 16.6. The third-order valence-corrected chi connectivity index (χ3v) is 2.28. The van der Waals surface area contributed by atoms with Gasteiger partial charge in [-0.3, -0.25) is 14.9 Å². The highest BCUT2D eigenvalue weighted by Gasteiger charge is 2.08. The lowest BCUT2D eigenvalue weighted by Gasteiger charge is -2.00. The van der Waals surface area contributed by atoms with Crippen molar-refractivity contribution in [3.8, 4) is 5.69 Å². The van der Waals surface area contributed by atoms with Crippen molar-refractivity contribution in [2.24, 2.45) is 0 Å². The Balaban J connectivity index is 2.42. The van der Waals surface area contributed by atoms with Crippen LogP contribution in [0.2, 0.25) is 0 Å². The Kier molecular flexibility index (Phi) is 2.70. The summed E-state index contributed by atoms with van der Waals surface area (Å²) in [7, 11) is 0. The van der Waals surface area contributed by atoms with Crippen LogP contribution in [-0.4, -0.2) is 20.3 Å². The van der Waals surface area contributed by atoms with E-state index in [1.165, 1.54) is 25.4 Å². The number of hydrogen-bond donors (Lipinski definition) is 0. The number of nitro benzene ring substituents is 1. The van der Waals surface area contributed by atoms with Crippen LogP contribution in [0.4, 0.5) is 5.69 Å². The number of Topliss-reactive ketones (excluding diaryl/α,β-unsaturated/α-hetero) is 1. The SMILES string of the molecule is CC(=O)c1cn(-c2cccc([N+](=O)[O-])c2)cn1. The summed E-state index contributed by atoms with van der Waals surface area (Å²) in [6.45, 7) is 1.42. The second-order valence-corrected chi connectivity index (χ2v) is 3.50. The normalized spacial score (nSPS) is 10.2. The van der Waals surface area contributed by atoms with Gasteiger partial charge >= 0.3 is 0 Å². The average Bonchev–Trinajstić information content (AvgIpc) is 2.78. The molecule has 0 unspecified atom stereocenters. The Bertz CT molecular complexity index is 589. The summed E-state index contributed by atoms with van der Waals surface area (Å²) in [4.78, 5) is 25.1. The van der Waals surface area contributed by atoms with E-state index in [1.807, 2.05) is 0 Å². The summed E-state index contributed by atoms with van der Waals surface area (Å²) >= 11 is 0. The van der Waals surface area contributed by atoms with Gasteiger partial charge in [0.05, 0.1) is 10.6 Å². The maximum atomic E-state index is 11.1. The number of ketones is 1. The second kappa shape index (κ2) is 4.17. The second-order valence-electron chi connectivity index (χ2n) is 3.50. The molecule has 0 N–H and O–H groups in total. The molecule has 0 bridgehead atoms. The molecule has 0 saturated carbocycles. The smallest absolute Gasteiger partial charge is 0.271 e. The zero-order valence-corrected chi connectivity index (χ0v) is 9.03. The molecule has 1 aromatic carbocycles. The fourth-order valence-electron chi connectivity index (χ4n) is 1.41. The summed E-state index contributed by atoms with van der Waals surface area (Å²) in [5.74, 6) is -0.144. The van der Waals surface area contributed by atoms with Gasteiger partial charge in [0.1, 0.15) is 12.0 Å². The molecule has 0 aliphatic heterocycles. The van der Waals surface area contributed by atoms with E-state index in [4.69, 9.17) is 0 Å². The lowest BCUT2D eigenvalue weighted by atomic mass is 10.3. The van der Waals surface area contributed by atoms with E-state index in [9.17, 15) is 14.9 Å². The molecule has 1 heterocycles. The molecule has 17 heavy (non-hydrogen) atoms. The molecule has 0 amide bonds. The van der Waals surface area contributed by atoms with Crippen LogP contribution in [0.25, 0.3) is 5.69 Å². The number of benzene rings is 1. The number of nitro groups is 1. The fourth-order valence-corrected chi connectivity index (χ4v) is 1.41. The summed E-state index contributed by atoms with van der Waals surface area (Å²) in [5.41, 5.74) is 0.927. The van der Waals surface area contributed by atoms with Crippen LogP contribution in [0, 0.1) is 10.1 Å². The largest absolute Gasteiger partial charge is 0.305 e. The van der Waals surface area contributed by atoms with Crippen LogP contribution in [-0.2, 0) is 0 Å². The molecule has 86 valence electrons. The minimum absolute atomic E-state index is 0.000532. The number of aromatic nitrogens is 2. The van der Waals surface area contributed by atoms with Gasteiger partial charge in [-0.1, -0.05) is 6.07 Å². The van der Waals surface area contributed by atoms with E-state index < -0.39 is 4.92 Å². The van der Waals surface area contributed by atoms with Crippen LogP contribution in [0.3, 0.4) is 0 Å². The lowest BCUT2D eigenvalue weighted by Crippen LogP contribution is -1.94. The van der Waals surface area contributed by atoms with E-state index in [1.54, 1.807) is 22.9 Å². The Hall–Kier alpha value is -2.50. The van der Waals surface area contributed by atoms with Gasteiger partial charge < -0.3 is 4.57 Å². The van der Waals surface area contributed by atoms with Crippen molar-refractivity contribution >= 4 is 11.5 Å². The number of rotatable bonds is 3. The summed E-state index contributed by atoms with van der Waals surface area (Å²) in [5, 5.41) is 10.6. The first-order chi connectivity index (χ1) is 8.08. The highest BCUT2D eigenvalue weighted by molar-refractivity contribution is 5.91. The van der Waals surface area contributed by atoms with E-state index in [-0.39, 0.29) is 11.5 Å². The van der Waals surface area contributed by atoms with Crippen molar-refractivity contribution in [1.29, 1.82) is 0 Å². The van der Waals surface area contributed by atoms with E-state index in [0.717, 1.165) is 0 Å². The van der Waals surface area contributed by atoms with Crippen LogP contribution < -0.4 is 0 Å². The summed E-state index contributed by atoms with van der Waals surface area (Å²) < 4.78 is 1.57. The standard InChI is InChI=1S/C11H9N3O3/c1-8(15)11-6-13(7-12-11)9-3-2-4-10(5-9)14(16)17/h2-7H,1H3. The van der Waals surface area contributed by atoms with Gasteiger partial charge in [-0.05, 0) is 6.07 Å². The van der Waals surface area contributed by atoms with Crippen LogP contribution >= 0.6 is 0 Å². The number of nitrogens with zero attached hydrogens (tertiary/aromatic N) is 3. The Morgan fingerprint density at radius 2 is 2.24 bits per heavy atom. The van der Waals surface area contributed by atoms with Gasteiger partial charge in [0.15, 0.2) is 5.78 Å². The first-order valence-corrected chi connectivity index (χ1v) is 4.87. The summed E-state index contributed by atoms with van der Waals surface area (Å²) in [6, 6.07) is 6.12. The topological polar surface area (TPSA) is 78.0 Å². The van der Waals surface area contributed by atoms with Crippen molar-refractivity contribution in [1.82, 2.24) is 9.55 Å². The van der Waals surface area contributed by atoms with Crippen LogP contribution in [0.15, 0.2) is 36.8 Å². The van der Waals surface area contributed by atoms with Crippen molar-refractivity contribution in [3.63, 3.8) is 0 Å². The van der Waals surface area contributed by atoms with Gasteiger partial charge in [0.25, 0.3) is 5.69 Å². The average molecular weight is 231 g/mol. The number of non-ortho nitro benzene ring substituents is 1. The van der Waals surface area contributed by atoms with Gasteiger partial charge in [0.2, 0.25) is 0 Å². The molecule has 2 aromatic rings. The third kappa shape index (κ3) is 2.20. The Morgan fingerprint density at radius 3 is 2.82 bits per heavy atom. The number of hydrogen-bond acceptors (Lipinski definition) is 4.